The molecule has 9 nitrogen and oxygen atoms in total. The molecule has 4 N–H and O–H groups in total. The Kier molecular flexibility index (Phi) is 8.59. The molecule has 1 saturated heterocycles. The SMILES string of the molecule is CC(=O)NCCNc1cc(C2CN(Cc3ccccc3)CCN2CC(N)=O)nc(-c2ccccc2)n1. The predicted molar refractivity (Wildman–Crippen MR) is 140 cm³/mol. The van der Waals surface area contributed by atoms with Crippen molar-refractivity contribution in [3.05, 3.63) is 78.0 Å². The zero-order valence-corrected chi connectivity index (χ0v) is 20.6. The lowest BCUT2D eigenvalue weighted by atomic mass is 10.1. The molecule has 2 heterocycles. The van der Waals surface area contributed by atoms with Crippen LogP contribution in [0, 0.1) is 0 Å². The van der Waals surface area contributed by atoms with Crippen molar-refractivity contribution in [2.24, 2.45) is 5.73 Å². The summed E-state index contributed by atoms with van der Waals surface area (Å²) in [6, 6.07) is 22.0. The fourth-order valence-electron chi connectivity index (χ4n) is 4.40. The largest absolute Gasteiger partial charge is 0.369 e. The lowest BCUT2D eigenvalue weighted by Gasteiger charge is -2.40. The van der Waals surface area contributed by atoms with Crippen molar-refractivity contribution in [2.75, 3.05) is 44.6 Å². The van der Waals surface area contributed by atoms with Gasteiger partial charge in [0.15, 0.2) is 5.82 Å². The number of anilines is 1. The molecule has 1 atom stereocenters. The summed E-state index contributed by atoms with van der Waals surface area (Å²) in [5.41, 5.74) is 8.58. The summed E-state index contributed by atoms with van der Waals surface area (Å²) in [5, 5.41) is 6.09. The minimum atomic E-state index is -0.359. The average Bonchev–Trinajstić information content (AvgIpc) is 2.88. The van der Waals surface area contributed by atoms with Gasteiger partial charge in [-0.15, -0.1) is 0 Å². The second-order valence-electron chi connectivity index (χ2n) is 8.95. The lowest BCUT2D eigenvalue weighted by Crippen LogP contribution is -2.50. The summed E-state index contributed by atoms with van der Waals surface area (Å²) < 4.78 is 0. The molecule has 1 aliphatic rings. The minimum absolute atomic E-state index is 0.0760. The maximum Gasteiger partial charge on any atom is 0.231 e. The van der Waals surface area contributed by atoms with Gasteiger partial charge in [0.1, 0.15) is 5.82 Å². The topological polar surface area (TPSA) is 116 Å². The van der Waals surface area contributed by atoms with Crippen LogP contribution in [0.2, 0.25) is 0 Å². The highest BCUT2D eigenvalue weighted by Crippen LogP contribution is 2.28. The van der Waals surface area contributed by atoms with E-state index in [9.17, 15) is 9.59 Å². The van der Waals surface area contributed by atoms with Crippen molar-refractivity contribution in [2.45, 2.75) is 19.5 Å². The van der Waals surface area contributed by atoms with E-state index in [0.29, 0.717) is 37.8 Å². The van der Waals surface area contributed by atoms with E-state index >= 15 is 0 Å². The highest BCUT2D eigenvalue weighted by molar-refractivity contribution is 5.76. The molecule has 0 spiro atoms. The Morgan fingerprint density at radius 2 is 1.72 bits per heavy atom. The predicted octanol–water partition coefficient (Wildman–Crippen LogP) is 2.04. The second-order valence-corrected chi connectivity index (χ2v) is 8.95. The number of hydrogen-bond acceptors (Lipinski definition) is 7. The van der Waals surface area contributed by atoms with Gasteiger partial charge in [-0.25, -0.2) is 9.97 Å². The Bertz CT molecular complexity index is 1160. The Labute approximate surface area is 211 Å². The smallest absolute Gasteiger partial charge is 0.231 e. The number of primary amides is 1. The number of carbonyl (C=O) groups is 2. The van der Waals surface area contributed by atoms with Crippen LogP contribution < -0.4 is 16.4 Å². The van der Waals surface area contributed by atoms with Gasteiger partial charge >= 0.3 is 0 Å². The standard InChI is InChI=1S/C27H33N7O2/c1-20(35)29-12-13-30-26-16-23(31-27(32-26)22-10-6-3-7-11-22)24-18-33(14-15-34(24)19-25(28)36)17-21-8-4-2-5-9-21/h2-11,16,24H,12-15,17-19H2,1H3,(H2,28,36)(H,29,35)(H,30,31,32). The van der Waals surface area contributed by atoms with Gasteiger partial charge in [-0.05, 0) is 5.56 Å². The Morgan fingerprint density at radius 3 is 2.42 bits per heavy atom. The minimum Gasteiger partial charge on any atom is -0.369 e. The second kappa shape index (κ2) is 12.2. The molecule has 1 aliphatic heterocycles. The van der Waals surface area contributed by atoms with Crippen LogP contribution >= 0.6 is 0 Å². The van der Waals surface area contributed by atoms with Crippen molar-refractivity contribution >= 4 is 17.6 Å². The van der Waals surface area contributed by atoms with Crippen LogP contribution in [0.3, 0.4) is 0 Å². The average molecular weight is 488 g/mol. The molecule has 2 amide bonds. The number of carbonyl (C=O) groups excluding carboxylic acids is 2. The third-order valence-corrected chi connectivity index (χ3v) is 6.11. The summed E-state index contributed by atoms with van der Waals surface area (Å²) in [6.45, 7) is 5.73. The van der Waals surface area contributed by atoms with Gasteiger partial charge in [-0.2, -0.15) is 0 Å². The Balaban J connectivity index is 1.63. The van der Waals surface area contributed by atoms with Gasteiger partial charge in [0, 0.05) is 57.8 Å². The van der Waals surface area contributed by atoms with Gasteiger partial charge in [-0.1, -0.05) is 60.7 Å². The number of nitrogens with two attached hydrogens (primary N) is 1. The van der Waals surface area contributed by atoms with E-state index in [0.717, 1.165) is 24.3 Å². The van der Waals surface area contributed by atoms with Crippen LogP contribution in [0.25, 0.3) is 11.4 Å². The molecule has 188 valence electrons. The molecule has 9 heteroatoms. The number of nitrogens with one attached hydrogen (secondary N) is 2. The van der Waals surface area contributed by atoms with Crippen molar-refractivity contribution in [3.8, 4) is 11.4 Å². The summed E-state index contributed by atoms with van der Waals surface area (Å²) in [7, 11) is 0. The molecule has 4 rings (SSSR count). The number of amides is 2. The maximum atomic E-state index is 11.9. The molecule has 0 bridgehead atoms. The summed E-state index contributed by atoms with van der Waals surface area (Å²) in [4.78, 5) is 37.3. The van der Waals surface area contributed by atoms with Crippen LogP contribution in [0.5, 0.6) is 0 Å². The highest BCUT2D eigenvalue weighted by atomic mass is 16.1. The van der Waals surface area contributed by atoms with Gasteiger partial charge in [0.25, 0.3) is 0 Å². The molecule has 2 aromatic carbocycles. The van der Waals surface area contributed by atoms with Gasteiger partial charge in [0.2, 0.25) is 11.8 Å². The molecule has 36 heavy (non-hydrogen) atoms. The molecular formula is C27H33N7O2. The molecule has 0 saturated carbocycles. The van der Waals surface area contributed by atoms with Crippen molar-refractivity contribution in [1.82, 2.24) is 25.1 Å². The number of piperazine rings is 1. The van der Waals surface area contributed by atoms with Gasteiger partial charge in [0.05, 0.1) is 18.3 Å². The van der Waals surface area contributed by atoms with Crippen LogP contribution in [-0.2, 0) is 16.1 Å². The van der Waals surface area contributed by atoms with E-state index in [4.69, 9.17) is 15.7 Å². The molecular weight excluding hydrogens is 454 g/mol. The Hall–Kier alpha value is -3.82. The van der Waals surface area contributed by atoms with E-state index in [2.05, 4.69) is 32.6 Å². The monoisotopic (exact) mass is 487 g/mol. The summed E-state index contributed by atoms with van der Waals surface area (Å²) in [5.74, 6) is 0.841. The molecule has 1 aromatic heterocycles. The van der Waals surface area contributed by atoms with E-state index in [1.165, 1.54) is 12.5 Å². The van der Waals surface area contributed by atoms with Crippen molar-refractivity contribution < 1.29 is 9.59 Å². The normalized spacial score (nSPS) is 16.4. The van der Waals surface area contributed by atoms with E-state index in [1.54, 1.807) is 0 Å². The zero-order chi connectivity index (χ0) is 25.3. The van der Waals surface area contributed by atoms with Gasteiger partial charge in [-0.3, -0.25) is 19.4 Å². The van der Waals surface area contributed by atoms with Crippen LogP contribution in [0.4, 0.5) is 5.82 Å². The summed E-state index contributed by atoms with van der Waals surface area (Å²) >= 11 is 0. The van der Waals surface area contributed by atoms with E-state index < -0.39 is 0 Å². The third-order valence-electron chi connectivity index (χ3n) is 6.11. The number of aromatic nitrogens is 2. The fraction of sp³-hybridized carbons (Fsp3) is 0.333. The van der Waals surface area contributed by atoms with Crippen molar-refractivity contribution in [1.29, 1.82) is 0 Å². The fourth-order valence-corrected chi connectivity index (χ4v) is 4.40. The molecule has 0 radical (unpaired) electrons. The van der Waals surface area contributed by atoms with Crippen LogP contribution in [-0.4, -0.2) is 70.9 Å². The van der Waals surface area contributed by atoms with Crippen LogP contribution in [0.1, 0.15) is 24.2 Å². The van der Waals surface area contributed by atoms with Gasteiger partial charge < -0.3 is 16.4 Å². The number of benzene rings is 2. The quantitative estimate of drug-likeness (QED) is 0.375. The highest BCUT2D eigenvalue weighted by Gasteiger charge is 2.31. The maximum absolute atomic E-state index is 11.9. The number of rotatable bonds is 10. The summed E-state index contributed by atoms with van der Waals surface area (Å²) in [6.07, 6.45) is 0. The first kappa shape index (κ1) is 25.3. The van der Waals surface area contributed by atoms with Crippen molar-refractivity contribution in [3.63, 3.8) is 0 Å². The molecule has 3 aromatic rings. The molecule has 1 fully saturated rings. The molecule has 1 unspecified atom stereocenters. The number of nitrogens with zero attached hydrogens (tertiary/aromatic N) is 4. The lowest BCUT2D eigenvalue weighted by molar-refractivity contribution is -0.120. The Morgan fingerprint density at radius 1 is 1.00 bits per heavy atom. The van der Waals surface area contributed by atoms with E-state index in [1.807, 2.05) is 54.6 Å². The zero-order valence-electron chi connectivity index (χ0n) is 20.6. The number of hydrogen-bond donors (Lipinski definition) is 3. The first-order valence-electron chi connectivity index (χ1n) is 12.2. The van der Waals surface area contributed by atoms with Crippen LogP contribution in [0.15, 0.2) is 66.7 Å². The first-order chi connectivity index (χ1) is 17.5. The van der Waals surface area contributed by atoms with E-state index in [-0.39, 0.29) is 24.4 Å². The first-order valence-corrected chi connectivity index (χ1v) is 12.2. The molecule has 0 aliphatic carbocycles. The third kappa shape index (κ3) is 7.10.